The normalized spacial score (nSPS) is 12.6. The van der Waals surface area contributed by atoms with Gasteiger partial charge in [0, 0.05) is 18.8 Å². The van der Waals surface area contributed by atoms with Crippen molar-refractivity contribution in [3.8, 4) is 0 Å². The van der Waals surface area contributed by atoms with E-state index in [1.807, 2.05) is 45.0 Å². The summed E-state index contributed by atoms with van der Waals surface area (Å²) in [5, 5.41) is 6.94. The summed E-state index contributed by atoms with van der Waals surface area (Å²) in [6.45, 7) is 8.70. The molecule has 0 aliphatic rings. The van der Waals surface area contributed by atoms with Gasteiger partial charge in [0.25, 0.3) is 0 Å². The van der Waals surface area contributed by atoms with Crippen LogP contribution in [-0.2, 0) is 16.4 Å². The third-order valence-electron chi connectivity index (χ3n) is 4.69. The number of anilines is 1. The summed E-state index contributed by atoms with van der Waals surface area (Å²) in [7, 11) is -3.44. The Kier molecular flexibility index (Phi) is 7.98. The van der Waals surface area contributed by atoms with Crippen LogP contribution in [0.2, 0.25) is 0 Å². The fourth-order valence-electron chi connectivity index (χ4n) is 2.91. The van der Waals surface area contributed by atoms with Gasteiger partial charge in [-0.2, -0.15) is 4.31 Å². The van der Waals surface area contributed by atoms with Crippen LogP contribution < -0.4 is 10.6 Å². The van der Waals surface area contributed by atoms with Gasteiger partial charge in [0.05, 0.1) is 10.9 Å². The van der Waals surface area contributed by atoms with Gasteiger partial charge in [-0.05, 0) is 61.0 Å². The Morgan fingerprint density at radius 1 is 1.00 bits per heavy atom. The van der Waals surface area contributed by atoms with Crippen molar-refractivity contribution in [2.75, 3.05) is 18.4 Å². The van der Waals surface area contributed by atoms with Crippen LogP contribution in [-0.4, -0.2) is 30.9 Å². The topological polar surface area (TPSA) is 61.4 Å². The standard InChI is InChI=1S/C21H29N3O2S2/c1-5-17-8-12-19(13-9-17)23-21(27)22-16(4)18-10-14-20(15-11-18)28(25,26)24(6-2)7-3/h8-16H,5-7H2,1-4H3,(H2,22,23,27)/t16-/m0/s1. The number of hydrogen-bond donors (Lipinski definition) is 2. The minimum atomic E-state index is -3.44. The van der Waals surface area contributed by atoms with E-state index in [9.17, 15) is 8.42 Å². The molecule has 0 radical (unpaired) electrons. The van der Waals surface area contributed by atoms with Crippen LogP contribution in [0.15, 0.2) is 53.4 Å². The number of hydrogen-bond acceptors (Lipinski definition) is 3. The van der Waals surface area contributed by atoms with Crippen molar-refractivity contribution in [3.05, 3.63) is 59.7 Å². The third kappa shape index (κ3) is 5.53. The molecule has 0 fully saturated rings. The van der Waals surface area contributed by atoms with Crippen LogP contribution in [0.5, 0.6) is 0 Å². The highest BCUT2D eigenvalue weighted by Gasteiger charge is 2.21. The van der Waals surface area contributed by atoms with Crippen molar-refractivity contribution < 1.29 is 8.42 Å². The minimum Gasteiger partial charge on any atom is -0.356 e. The number of thiocarbonyl (C=S) groups is 1. The van der Waals surface area contributed by atoms with Crippen LogP contribution in [0.4, 0.5) is 5.69 Å². The Labute approximate surface area is 174 Å². The van der Waals surface area contributed by atoms with E-state index in [0.717, 1.165) is 17.7 Å². The maximum Gasteiger partial charge on any atom is 0.243 e. The number of nitrogens with zero attached hydrogens (tertiary/aromatic N) is 1. The van der Waals surface area contributed by atoms with Crippen molar-refractivity contribution >= 4 is 33.0 Å². The largest absolute Gasteiger partial charge is 0.356 e. The molecule has 28 heavy (non-hydrogen) atoms. The van der Waals surface area contributed by atoms with Crippen molar-refractivity contribution in [2.24, 2.45) is 0 Å². The van der Waals surface area contributed by atoms with Gasteiger partial charge in [-0.1, -0.05) is 45.0 Å². The zero-order valence-corrected chi connectivity index (χ0v) is 18.5. The molecule has 5 nitrogen and oxygen atoms in total. The second-order valence-corrected chi connectivity index (χ2v) is 8.88. The van der Waals surface area contributed by atoms with E-state index in [-0.39, 0.29) is 6.04 Å². The zero-order chi connectivity index (χ0) is 20.7. The lowest BCUT2D eigenvalue weighted by Gasteiger charge is -2.20. The molecule has 1 atom stereocenters. The number of sulfonamides is 1. The molecule has 0 spiro atoms. The predicted octanol–water partition coefficient (Wildman–Crippen LogP) is 4.33. The lowest BCUT2D eigenvalue weighted by Crippen LogP contribution is -2.31. The molecule has 7 heteroatoms. The van der Waals surface area contributed by atoms with Gasteiger partial charge in [0.1, 0.15) is 0 Å². The van der Waals surface area contributed by atoms with E-state index in [4.69, 9.17) is 12.2 Å². The number of benzene rings is 2. The fourth-order valence-corrected chi connectivity index (χ4v) is 4.66. The molecule has 0 aromatic heterocycles. The fraction of sp³-hybridized carbons (Fsp3) is 0.381. The summed E-state index contributed by atoms with van der Waals surface area (Å²) < 4.78 is 26.6. The lowest BCUT2D eigenvalue weighted by atomic mass is 10.1. The summed E-state index contributed by atoms with van der Waals surface area (Å²) in [4.78, 5) is 0.309. The van der Waals surface area contributed by atoms with E-state index in [2.05, 4.69) is 29.7 Å². The first-order valence-corrected chi connectivity index (χ1v) is 11.4. The molecule has 0 saturated carbocycles. The maximum atomic E-state index is 12.6. The Bertz CT molecular complexity index is 875. The van der Waals surface area contributed by atoms with Crippen molar-refractivity contribution in [1.82, 2.24) is 9.62 Å². The Hall–Kier alpha value is -1.96. The smallest absolute Gasteiger partial charge is 0.243 e. The van der Waals surface area contributed by atoms with E-state index >= 15 is 0 Å². The van der Waals surface area contributed by atoms with Crippen molar-refractivity contribution in [2.45, 2.75) is 45.1 Å². The van der Waals surface area contributed by atoms with E-state index in [1.165, 1.54) is 9.87 Å². The van der Waals surface area contributed by atoms with E-state index in [1.54, 1.807) is 12.1 Å². The van der Waals surface area contributed by atoms with Gasteiger partial charge >= 0.3 is 0 Å². The molecule has 0 saturated heterocycles. The quantitative estimate of drug-likeness (QED) is 0.624. The zero-order valence-electron chi connectivity index (χ0n) is 16.9. The molecule has 0 bridgehead atoms. The molecular formula is C21H29N3O2S2. The van der Waals surface area contributed by atoms with Gasteiger partial charge in [-0.3, -0.25) is 0 Å². The van der Waals surface area contributed by atoms with Crippen LogP contribution in [0.1, 0.15) is 44.9 Å². The van der Waals surface area contributed by atoms with Gasteiger partial charge in [0.15, 0.2) is 5.11 Å². The maximum absolute atomic E-state index is 12.6. The summed E-state index contributed by atoms with van der Waals surface area (Å²) in [5.74, 6) is 0. The number of aryl methyl sites for hydroxylation is 1. The highest BCUT2D eigenvalue weighted by molar-refractivity contribution is 7.89. The molecule has 0 heterocycles. The molecule has 152 valence electrons. The van der Waals surface area contributed by atoms with Gasteiger partial charge in [-0.15, -0.1) is 0 Å². The number of nitrogens with one attached hydrogen (secondary N) is 2. The van der Waals surface area contributed by atoms with Crippen LogP contribution >= 0.6 is 12.2 Å². The van der Waals surface area contributed by atoms with Gasteiger partial charge in [-0.25, -0.2) is 8.42 Å². The SMILES string of the molecule is CCc1ccc(NC(=S)N[C@@H](C)c2ccc(S(=O)(=O)N(CC)CC)cc2)cc1. The van der Waals surface area contributed by atoms with Gasteiger partial charge < -0.3 is 10.6 Å². The van der Waals surface area contributed by atoms with Crippen molar-refractivity contribution in [3.63, 3.8) is 0 Å². The lowest BCUT2D eigenvalue weighted by molar-refractivity contribution is 0.445. The molecule has 0 amide bonds. The van der Waals surface area contributed by atoms with E-state index in [0.29, 0.717) is 23.1 Å². The molecular weight excluding hydrogens is 390 g/mol. The minimum absolute atomic E-state index is 0.0554. The molecule has 2 rings (SSSR count). The Balaban J connectivity index is 2.02. The monoisotopic (exact) mass is 419 g/mol. The molecule has 2 N–H and O–H groups in total. The second kappa shape index (κ2) is 10.0. The molecule has 0 aliphatic heterocycles. The summed E-state index contributed by atoms with van der Waals surface area (Å²) in [5.41, 5.74) is 3.17. The highest BCUT2D eigenvalue weighted by atomic mass is 32.2. The Morgan fingerprint density at radius 3 is 2.07 bits per heavy atom. The molecule has 2 aromatic rings. The van der Waals surface area contributed by atoms with E-state index < -0.39 is 10.0 Å². The number of rotatable bonds is 8. The summed E-state index contributed by atoms with van der Waals surface area (Å²) in [6.07, 6.45) is 1.000. The molecule has 2 aromatic carbocycles. The first-order chi connectivity index (χ1) is 13.3. The van der Waals surface area contributed by atoms with Crippen molar-refractivity contribution in [1.29, 1.82) is 0 Å². The average Bonchev–Trinajstić information content (AvgIpc) is 2.69. The molecule has 0 aliphatic carbocycles. The average molecular weight is 420 g/mol. The summed E-state index contributed by atoms with van der Waals surface area (Å²) >= 11 is 5.40. The summed E-state index contributed by atoms with van der Waals surface area (Å²) in [6, 6.07) is 15.1. The first-order valence-electron chi connectivity index (χ1n) is 9.58. The van der Waals surface area contributed by atoms with Gasteiger partial charge in [0.2, 0.25) is 10.0 Å². The van der Waals surface area contributed by atoms with Crippen LogP contribution in [0.3, 0.4) is 0 Å². The molecule has 0 unspecified atom stereocenters. The highest BCUT2D eigenvalue weighted by Crippen LogP contribution is 2.19. The van der Waals surface area contributed by atoms with Crippen LogP contribution in [0, 0.1) is 0 Å². The predicted molar refractivity (Wildman–Crippen MR) is 120 cm³/mol. The second-order valence-electron chi connectivity index (χ2n) is 6.53. The van der Waals surface area contributed by atoms with Crippen LogP contribution in [0.25, 0.3) is 0 Å². The first kappa shape index (κ1) is 22.3. The Morgan fingerprint density at radius 2 is 1.57 bits per heavy atom. The third-order valence-corrected chi connectivity index (χ3v) is 6.97.